The lowest BCUT2D eigenvalue weighted by atomic mass is 9.91. The highest BCUT2D eigenvalue weighted by Crippen LogP contribution is 2.53. The molecular formula is C12H18N2. The Bertz CT molecular complexity index is 290. The van der Waals surface area contributed by atoms with Crippen molar-refractivity contribution in [3.63, 3.8) is 0 Å². The number of hydrogen-bond donors (Lipinski definition) is 2. The Morgan fingerprint density at radius 3 is 2.50 bits per heavy atom. The van der Waals surface area contributed by atoms with Crippen LogP contribution in [0.5, 0.6) is 0 Å². The Labute approximate surface area is 85.5 Å². The maximum absolute atomic E-state index is 6.28. The van der Waals surface area contributed by atoms with Gasteiger partial charge < -0.3 is 11.1 Å². The average Bonchev–Trinajstić information content (AvgIpc) is 3.00. The van der Waals surface area contributed by atoms with Gasteiger partial charge in [0.15, 0.2) is 0 Å². The van der Waals surface area contributed by atoms with E-state index in [1.165, 1.54) is 18.4 Å². The molecule has 1 aliphatic rings. The van der Waals surface area contributed by atoms with Gasteiger partial charge in [-0.15, -0.1) is 0 Å². The zero-order valence-corrected chi connectivity index (χ0v) is 8.66. The maximum atomic E-state index is 6.28. The highest BCUT2D eigenvalue weighted by molar-refractivity contribution is 5.23. The number of rotatable bonds is 4. The van der Waals surface area contributed by atoms with E-state index in [1.54, 1.807) is 0 Å². The molecule has 0 heterocycles. The van der Waals surface area contributed by atoms with Crippen LogP contribution in [0, 0.1) is 5.41 Å². The second-order valence-corrected chi connectivity index (χ2v) is 4.28. The third kappa shape index (κ3) is 1.68. The molecule has 0 bridgehead atoms. The fourth-order valence-electron chi connectivity index (χ4n) is 2.12. The van der Waals surface area contributed by atoms with Crippen LogP contribution in [0.4, 0.5) is 0 Å². The third-order valence-corrected chi connectivity index (χ3v) is 3.24. The minimum Gasteiger partial charge on any atom is -0.323 e. The van der Waals surface area contributed by atoms with E-state index in [2.05, 4.69) is 29.6 Å². The molecule has 14 heavy (non-hydrogen) atoms. The van der Waals surface area contributed by atoms with Crippen LogP contribution in [0.25, 0.3) is 0 Å². The topological polar surface area (TPSA) is 38.0 Å². The molecule has 0 aromatic heterocycles. The summed E-state index contributed by atoms with van der Waals surface area (Å²) in [5.41, 5.74) is 7.87. The molecule has 1 aliphatic carbocycles. The average molecular weight is 190 g/mol. The van der Waals surface area contributed by atoms with E-state index >= 15 is 0 Å². The monoisotopic (exact) mass is 190 g/mol. The predicted molar refractivity (Wildman–Crippen MR) is 59.0 cm³/mol. The van der Waals surface area contributed by atoms with Gasteiger partial charge in [-0.1, -0.05) is 30.3 Å². The van der Waals surface area contributed by atoms with Crippen LogP contribution in [0.15, 0.2) is 30.3 Å². The summed E-state index contributed by atoms with van der Waals surface area (Å²) in [4.78, 5) is 0. The van der Waals surface area contributed by atoms with E-state index in [4.69, 9.17) is 5.73 Å². The SMILES string of the molecule is CNCC1(C(N)c2ccccc2)CC1. The minimum atomic E-state index is 0.191. The molecule has 1 atom stereocenters. The number of hydrogen-bond acceptors (Lipinski definition) is 2. The fourth-order valence-corrected chi connectivity index (χ4v) is 2.12. The van der Waals surface area contributed by atoms with Crippen LogP contribution < -0.4 is 11.1 Å². The van der Waals surface area contributed by atoms with Crippen LogP contribution in [0.3, 0.4) is 0 Å². The van der Waals surface area contributed by atoms with Gasteiger partial charge in [0.25, 0.3) is 0 Å². The standard InChI is InChI=1S/C12H18N2/c1-14-9-12(7-8-12)11(13)10-5-3-2-4-6-10/h2-6,11,14H,7-9,13H2,1H3. The lowest BCUT2D eigenvalue weighted by Gasteiger charge is -2.23. The third-order valence-electron chi connectivity index (χ3n) is 3.24. The van der Waals surface area contributed by atoms with E-state index < -0.39 is 0 Å². The summed E-state index contributed by atoms with van der Waals surface area (Å²) >= 11 is 0. The molecule has 0 amide bonds. The van der Waals surface area contributed by atoms with Gasteiger partial charge >= 0.3 is 0 Å². The normalized spacial score (nSPS) is 20.4. The lowest BCUT2D eigenvalue weighted by Crippen LogP contribution is -2.31. The predicted octanol–water partition coefficient (Wildman–Crippen LogP) is 1.69. The summed E-state index contributed by atoms with van der Waals surface area (Å²) in [6.45, 7) is 1.03. The summed E-state index contributed by atoms with van der Waals surface area (Å²) in [6, 6.07) is 10.6. The second kappa shape index (κ2) is 3.71. The molecule has 2 rings (SSSR count). The van der Waals surface area contributed by atoms with Crippen molar-refractivity contribution in [1.82, 2.24) is 5.32 Å². The van der Waals surface area contributed by atoms with Crippen LogP contribution in [-0.2, 0) is 0 Å². The molecule has 2 nitrogen and oxygen atoms in total. The Hall–Kier alpha value is -0.860. The van der Waals surface area contributed by atoms with Gasteiger partial charge in [0.2, 0.25) is 0 Å². The van der Waals surface area contributed by atoms with Gasteiger partial charge in [-0.2, -0.15) is 0 Å². The maximum Gasteiger partial charge on any atom is 0.0364 e. The Morgan fingerprint density at radius 1 is 1.36 bits per heavy atom. The van der Waals surface area contributed by atoms with Crippen LogP contribution in [-0.4, -0.2) is 13.6 Å². The fraction of sp³-hybridized carbons (Fsp3) is 0.500. The summed E-state index contributed by atoms with van der Waals surface area (Å²) in [5, 5.41) is 3.24. The van der Waals surface area contributed by atoms with Crippen molar-refractivity contribution in [3.05, 3.63) is 35.9 Å². The summed E-state index contributed by atoms with van der Waals surface area (Å²) in [5.74, 6) is 0. The van der Waals surface area contributed by atoms with Crippen LogP contribution >= 0.6 is 0 Å². The van der Waals surface area contributed by atoms with Crippen molar-refractivity contribution in [2.45, 2.75) is 18.9 Å². The van der Waals surface area contributed by atoms with Crippen molar-refractivity contribution in [2.24, 2.45) is 11.1 Å². The first-order valence-electron chi connectivity index (χ1n) is 5.24. The molecule has 1 unspecified atom stereocenters. The molecule has 76 valence electrons. The lowest BCUT2D eigenvalue weighted by molar-refractivity contribution is 0.392. The van der Waals surface area contributed by atoms with Gasteiger partial charge in [-0.05, 0) is 25.5 Å². The first kappa shape index (κ1) is 9.69. The molecule has 1 saturated carbocycles. The van der Waals surface area contributed by atoms with Gasteiger partial charge in [0, 0.05) is 18.0 Å². The van der Waals surface area contributed by atoms with Gasteiger partial charge in [-0.3, -0.25) is 0 Å². The van der Waals surface area contributed by atoms with Crippen molar-refractivity contribution >= 4 is 0 Å². The van der Waals surface area contributed by atoms with E-state index in [9.17, 15) is 0 Å². The van der Waals surface area contributed by atoms with Crippen LogP contribution in [0.1, 0.15) is 24.4 Å². The molecular weight excluding hydrogens is 172 g/mol. The van der Waals surface area contributed by atoms with Crippen molar-refractivity contribution in [2.75, 3.05) is 13.6 Å². The van der Waals surface area contributed by atoms with E-state index in [0.717, 1.165) is 6.54 Å². The van der Waals surface area contributed by atoms with Gasteiger partial charge in [0.1, 0.15) is 0 Å². The van der Waals surface area contributed by atoms with Gasteiger partial charge in [-0.25, -0.2) is 0 Å². The number of nitrogens with one attached hydrogen (secondary N) is 1. The minimum absolute atomic E-state index is 0.191. The van der Waals surface area contributed by atoms with Crippen molar-refractivity contribution in [1.29, 1.82) is 0 Å². The van der Waals surface area contributed by atoms with E-state index in [0.29, 0.717) is 5.41 Å². The van der Waals surface area contributed by atoms with Gasteiger partial charge in [0.05, 0.1) is 0 Å². The molecule has 1 aromatic carbocycles. The molecule has 2 heteroatoms. The molecule has 1 aromatic rings. The van der Waals surface area contributed by atoms with Crippen molar-refractivity contribution in [3.8, 4) is 0 Å². The van der Waals surface area contributed by atoms with E-state index in [-0.39, 0.29) is 6.04 Å². The molecule has 0 spiro atoms. The summed E-state index contributed by atoms with van der Waals surface area (Å²) < 4.78 is 0. The number of nitrogens with two attached hydrogens (primary N) is 1. The molecule has 1 fully saturated rings. The molecule has 0 radical (unpaired) electrons. The number of benzene rings is 1. The zero-order chi connectivity index (χ0) is 10.0. The highest BCUT2D eigenvalue weighted by Gasteiger charge is 2.47. The molecule has 0 aliphatic heterocycles. The Morgan fingerprint density at radius 2 is 2.00 bits per heavy atom. The Kier molecular flexibility index (Phi) is 2.57. The quantitative estimate of drug-likeness (QED) is 0.758. The zero-order valence-electron chi connectivity index (χ0n) is 8.66. The highest BCUT2D eigenvalue weighted by atomic mass is 14.9. The largest absolute Gasteiger partial charge is 0.323 e. The Balaban J connectivity index is 2.12. The second-order valence-electron chi connectivity index (χ2n) is 4.28. The van der Waals surface area contributed by atoms with Crippen molar-refractivity contribution < 1.29 is 0 Å². The summed E-state index contributed by atoms with van der Waals surface area (Å²) in [6.07, 6.45) is 2.51. The first-order valence-corrected chi connectivity index (χ1v) is 5.24. The summed E-state index contributed by atoms with van der Waals surface area (Å²) in [7, 11) is 2.00. The van der Waals surface area contributed by atoms with E-state index in [1.807, 2.05) is 13.1 Å². The first-order chi connectivity index (χ1) is 6.78. The molecule has 3 N–H and O–H groups in total. The smallest absolute Gasteiger partial charge is 0.0364 e. The molecule has 0 saturated heterocycles. The van der Waals surface area contributed by atoms with Crippen LogP contribution in [0.2, 0.25) is 0 Å².